The van der Waals surface area contributed by atoms with Crippen LogP contribution in [-0.4, -0.2) is 105 Å². The number of aromatic nitrogens is 1. The molecule has 2 unspecified atom stereocenters. The number of guanidine groups is 2. The Morgan fingerprint density at radius 2 is 1.21 bits per heavy atom. The minimum atomic E-state index is -5.51. The summed E-state index contributed by atoms with van der Waals surface area (Å²) in [7, 11) is -24.5. The zero-order valence-electron chi connectivity index (χ0n) is 36.2. The van der Waals surface area contributed by atoms with E-state index in [0.717, 1.165) is 19.1 Å². The minimum absolute atomic E-state index is 0.0169. The van der Waals surface area contributed by atoms with Gasteiger partial charge in [0.05, 0.1) is 55.8 Å². The second-order valence-electron chi connectivity index (χ2n) is 16.3. The van der Waals surface area contributed by atoms with E-state index >= 15 is 0 Å². The van der Waals surface area contributed by atoms with Crippen molar-refractivity contribution in [3.8, 4) is 11.1 Å². The van der Waals surface area contributed by atoms with Gasteiger partial charge in [0, 0.05) is 30.5 Å². The van der Waals surface area contributed by atoms with Gasteiger partial charge in [0.25, 0.3) is 56.1 Å². The minimum Gasteiger partial charge on any atom is -0.359 e. The van der Waals surface area contributed by atoms with Crippen LogP contribution in [0, 0.1) is 0 Å². The van der Waals surface area contributed by atoms with Crippen molar-refractivity contribution in [2.45, 2.75) is 42.9 Å². The molecule has 0 saturated carbocycles. The normalized spacial score (nSPS) is 18.9. The van der Waals surface area contributed by atoms with Crippen LogP contribution >= 0.6 is 0 Å². The van der Waals surface area contributed by atoms with Gasteiger partial charge in [-0.3, -0.25) is 32.4 Å². The highest BCUT2D eigenvalue weighted by molar-refractivity contribution is 7.87. The maximum Gasteiger partial charge on any atom is 0.296 e. The fourth-order valence-corrected chi connectivity index (χ4v) is 11.4. The highest BCUT2D eigenvalue weighted by Crippen LogP contribution is 2.52. The lowest BCUT2D eigenvalue weighted by atomic mass is 9.77. The van der Waals surface area contributed by atoms with E-state index in [2.05, 4.69) is 31.3 Å². The molecule has 5 aromatic carbocycles. The van der Waals surface area contributed by atoms with Gasteiger partial charge in [-0.05, 0) is 65.7 Å². The first-order valence-corrected chi connectivity index (χ1v) is 27.3. The molecule has 1 aliphatic carbocycles. The summed E-state index contributed by atoms with van der Waals surface area (Å²) < 4.78 is 182. The van der Waals surface area contributed by atoms with Gasteiger partial charge in [0.1, 0.15) is 20.3 Å². The number of pyridine rings is 1. The zero-order chi connectivity index (χ0) is 52.5. The topological polar surface area (TPSA) is 417 Å². The molecule has 0 amide bonds. The number of nitrogens with one attached hydrogen (secondary N) is 4. The van der Waals surface area contributed by atoms with E-state index in [9.17, 15) is 79.5 Å². The van der Waals surface area contributed by atoms with E-state index in [1.165, 1.54) is 48.0 Å². The first kappa shape index (κ1) is 50.0. The van der Waals surface area contributed by atoms with Crippen LogP contribution in [0.15, 0.2) is 130 Å². The number of rotatable bonds is 11. The number of nitrogens with zero attached hydrogens (tertiary/aromatic N) is 3. The van der Waals surface area contributed by atoms with Gasteiger partial charge in [-0.2, -0.15) is 52.1 Å². The third-order valence-electron chi connectivity index (χ3n) is 11.5. The lowest BCUT2D eigenvalue weighted by molar-refractivity contribution is 0.0527. The third kappa shape index (κ3) is 8.89. The largest absolute Gasteiger partial charge is 0.359 e. The summed E-state index contributed by atoms with van der Waals surface area (Å²) in [6.07, 6.45) is 0. The molecule has 6 aromatic rings. The van der Waals surface area contributed by atoms with Gasteiger partial charge < -0.3 is 35.7 Å². The lowest BCUT2D eigenvalue weighted by Gasteiger charge is -2.28. The molecule has 3 heterocycles. The molecule has 1 fully saturated rings. The molecule has 0 spiro atoms. The number of ketones is 1. The van der Waals surface area contributed by atoms with Gasteiger partial charge in [-0.25, -0.2) is 0 Å². The second-order valence-corrected chi connectivity index (χ2v) is 23.3. The molecule has 0 bridgehead atoms. The smallest absolute Gasteiger partial charge is 0.296 e. The van der Waals surface area contributed by atoms with E-state index in [0.29, 0.717) is 30.3 Å². The molecule has 10 N–H and O–H groups in total. The summed E-state index contributed by atoms with van der Waals surface area (Å²) in [5.41, 5.74) is -4.33. The van der Waals surface area contributed by atoms with Gasteiger partial charge in [-0.1, -0.05) is 36.4 Å². The highest BCUT2D eigenvalue weighted by atomic mass is 32.2. The highest BCUT2D eigenvalue weighted by Gasteiger charge is 2.53. The lowest BCUT2D eigenvalue weighted by Crippen LogP contribution is -2.51. The number of hydrogen-bond acceptors (Lipinski definition) is 20. The molecule has 376 valence electrons. The van der Waals surface area contributed by atoms with Crippen molar-refractivity contribution in [2.24, 2.45) is 17.0 Å². The number of benzene rings is 5. The Labute approximate surface area is 406 Å². The summed E-state index contributed by atoms with van der Waals surface area (Å²) in [5, 5.41) is 20.8. The van der Waals surface area contributed by atoms with Crippen LogP contribution in [-0.2, 0) is 68.0 Å². The average Bonchev–Trinajstić information content (AvgIpc) is 4.06. The van der Waals surface area contributed by atoms with Crippen LogP contribution in [0.1, 0.15) is 34.0 Å². The van der Waals surface area contributed by atoms with E-state index in [1.807, 2.05) is 0 Å². The first-order chi connectivity index (χ1) is 33.3. The van der Waals surface area contributed by atoms with Crippen molar-refractivity contribution in [3.05, 3.63) is 124 Å². The fraction of sp³-hybridized carbons (Fsp3) is 0.122. The number of hydrogen-bond donors (Lipinski definition) is 10. The summed E-state index contributed by atoms with van der Waals surface area (Å²) in [6, 6.07) is 16.6. The van der Waals surface area contributed by atoms with Crippen molar-refractivity contribution in [1.82, 2.24) is 9.88 Å². The second kappa shape index (κ2) is 16.5. The van der Waals surface area contributed by atoms with Crippen molar-refractivity contribution in [2.75, 3.05) is 22.6 Å². The molecule has 1 aromatic heterocycles. The number of aliphatic hydroxyl groups is 1. The molecule has 1 saturated heterocycles. The number of fused-ring (bicyclic) bond motifs is 2. The standard InChI is InChI=1S/C41H33N7O19S5/c1-40(51)46-38(43-25-15-21(69(55,56)57)10-13-29(25)70(58,59)60)45-39(47-40)44-27-16-26(30(71(61,62)63)17-31(27)72(64,65)66)42-24-11-12-28-34-32(22-8-3-4-9-23(22)36(49)33(24)34)35(37(50)48(28)2)41(18-67-41)19-6-5-7-20(14-19)68(52,53)54/h3-17,42,51H,18H2,1-2H3,(H,52,53,54)(H,55,56,57)(H,58,59,60)(H,61,62,63)(H,64,65,66)(H3,43,44,45,46,47). The van der Waals surface area contributed by atoms with Gasteiger partial charge in [0.15, 0.2) is 5.78 Å². The number of ether oxygens (including phenoxy) is 1. The van der Waals surface area contributed by atoms with Crippen LogP contribution in [0.5, 0.6) is 0 Å². The number of carbonyl (C=O) groups excluding carboxylic acids is 1. The fourth-order valence-electron chi connectivity index (χ4n) is 8.39. The SMILES string of the molecule is Cn1c(=O)c(C2(c3cccc(S(=O)(=O)O)c3)CO2)c2c3c(c(Nc4cc(NC5=NC(C)(O)NC(Nc6cc(S(=O)(=O)O)ccc6S(=O)(=O)O)=N5)c(S(=O)(=O)O)cc4S(=O)(=O)O)ccc31)C(=O)c1ccccc1-2. The van der Waals surface area contributed by atoms with E-state index in [-0.39, 0.29) is 56.6 Å². The third-order valence-corrected chi connectivity index (χ3v) is 15.9. The van der Waals surface area contributed by atoms with Crippen LogP contribution < -0.4 is 26.8 Å². The van der Waals surface area contributed by atoms with Crippen molar-refractivity contribution < 1.29 is 79.5 Å². The first-order valence-electron chi connectivity index (χ1n) is 20.1. The van der Waals surface area contributed by atoms with E-state index < -0.39 is 127 Å². The van der Waals surface area contributed by atoms with Gasteiger partial charge in [-0.15, -0.1) is 0 Å². The number of aryl methyl sites for hydroxylation is 1. The Bertz CT molecular complexity index is 4170. The number of carbonyl (C=O) groups is 1. The molecule has 2 atom stereocenters. The van der Waals surface area contributed by atoms with Crippen molar-refractivity contribution >= 4 is 102 Å². The Balaban J connectivity index is 1.22. The summed E-state index contributed by atoms with van der Waals surface area (Å²) in [4.78, 5) is 32.4. The molecular formula is C41H33N7O19S5. The van der Waals surface area contributed by atoms with Gasteiger partial charge in [0.2, 0.25) is 17.8 Å². The predicted molar refractivity (Wildman–Crippen MR) is 252 cm³/mol. The van der Waals surface area contributed by atoms with Crippen LogP contribution in [0.25, 0.3) is 22.0 Å². The Kier molecular flexibility index (Phi) is 11.5. The van der Waals surface area contributed by atoms with Crippen molar-refractivity contribution in [1.29, 1.82) is 0 Å². The maximum atomic E-state index is 14.8. The number of epoxide rings is 1. The van der Waals surface area contributed by atoms with Crippen molar-refractivity contribution in [3.63, 3.8) is 0 Å². The summed E-state index contributed by atoms with van der Waals surface area (Å²) in [5.74, 6) is -4.67. The Morgan fingerprint density at radius 1 is 0.625 bits per heavy atom. The van der Waals surface area contributed by atoms with Crippen LogP contribution in [0.2, 0.25) is 0 Å². The average molecular weight is 1090 g/mol. The summed E-state index contributed by atoms with van der Waals surface area (Å²) in [6.45, 7) is 0.809. The van der Waals surface area contributed by atoms with Crippen LogP contribution in [0.4, 0.5) is 22.7 Å². The molecule has 31 heteroatoms. The van der Waals surface area contributed by atoms with E-state index in [1.54, 1.807) is 12.1 Å². The monoisotopic (exact) mass is 1090 g/mol. The molecule has 72 heavy (non-hydrogen) atoms. The molecule has 26 nitrogen and oxygen atoms in total. The zero-order valence-corrected chi connectivity index (χ0v) is 40.3. The molecule has 9 rings (SSSR count). The summed E-state index contributed by atoms with van der Waals surface area (Å²) >= 11 is 0. The molecular weight excluding hydrogens is 1050 g/mol. The predicted octanol–water partition coefficient (Wildman–Crippen LogP) is 2.51. The Hall–Kier alpha value is -7.01. The van der Waals surface area contributed by atoms with E-state index in [4.69, 9.17) is 4.74 Å². The molecule has 0 radical (unpaired) electrons. The molecule has 2 aliphatic heterocycles. The van der Waals surface area contributed by atoms with Gasteiger partial charge >= 0.3 is 0 Å². The Morgan fingerprint density at radius 3 is 1.81 bits per heavy atom. The number of anilines is 4. The number of aliphatic imine (C=N–C) groups is 2. The van der Waals surface area contributed by atoms with Crippen LogP contribution in [0.3, 0.4) is 0 Å². The quantitative estimate of drug-likeness (QED) is 0.0657. The maximum absolute atomic E-state index is 14.8. The molecule has 3 aliphatic rings.